The fraction of sp³-hybridized carbons (Fsp3) is 0.300. The lowest BCUT2D eigenvalue weighted by Crippen LogP contribution is -2.24. The molecule has 6 nitrogen and oxygen atoms in total. The van der Waals surface area contributed by atoms with Gasteiger partial charge in [-0.2, -0.15) is 0 Å². The molecule has 0 unspecified atom stereocenters. The molecule has 94 valence electrons. The van der Waals surface area contributed by atoms with E-state index in [0.717, 1.165) is 6.07 Å². The van der Waals surface area contributed by atoms with E-state index in [1.165, 1.54) is 6.07 Å². The van der Waals surface area contributed by atoms with E-state index in [-0.39, 0.29) is 28.3 Å². The van der Waals surface area contributed by atoms with E-state index in [1.807, 2.05) is 0 Å². The molecule has 0 fully saturated rings. The van der Waals surface area contributed by atoms with Crippen LogP contribution in [0.15, 0.2) is 12.1 Å². The summed E-state index contributed by atoms with van der Waals surface area (Å²) < 4.78 is 0. The van der Waals surface area contributed by atoms with E-state index in [2.05, 4.69) is 5.32 Å². The highest BCUT2D eigenvalue weighted by atomic mass is 35.5. The van der Waals surface area contributed by atoms with Crippen LogP contribution in [-0.4, -0.2) is 29.9 Å². The first-order valence-electron chi connectivity index (χ1n) is 5.03. The van der Waals surface area contributed by atoms with E-state index in [1.54, 1.807) is 6.92 Å². The van der Waals surface area contributed by atoms with Crippen molar-refractivity contribution in [1.29, 1.82) is 0 Å². The molecule has 0 saturated heterocycles. The monoisotopic (exact) mass is 268 g/mol. The van der Waals surface area contributed by atoms with E-state index in [4.69, 9.17) is 24.6 Å². The van der Waals surface area contributed by atoms with Crippen molar-refractivity contribution in [1.82, 2.24) is 0 Å². The Hall–Kier alpha value is -1.76. The highest BCUT2D eigenvalue weighted by molar-refractivity contribution is 6.39. The molecular formula is C10H10BClN2O4. The number of nitro groups is 1. The van der Waals surface area contributed by atoms with E-state index in [0.29, 0.717) is 0 Å². The summed E-state index contributed by atoms with van der Waals surface area (Å²) in [4.78, 5) is 20.8. The molecule has 2 N–H and O–H groups in total. The second-order valence-electron chi connectivity index (χ2n) is 3.79. The third-order valence-electron chi connectivity index (χ3n) is 2.18. The predicted octanol–water partition coefficient (Wildman–Crippen LogP) is 1.32. The number of carboxylic acid groups (broad SMARTS) is 1. The van der Waals surface area contributed by atoms with Gasteiger partial charge in [-0.25, -0.2) is 0 Å². The van der Waals surface area contributed by atoms with Crippen LogP contribution in [0.2, 0.25) is 5.02 Å². The molecule has 8 heteroatoms. The van der Waals surface area contributed by atoms with Crippen LogP contribution >= 0.6 is 11.6 Å². The maximum Gasteiger partial charge on any atom is 0.305 e. The Labute approximate surface area is 110 Å². The highest BCUT2D eigenvalue weighted by Gasteiger charge is 2.19. The number of aliphatic carboxylic acids is 1. The number of nitrogens with one attached hydrogen (secondary N) is 1. The summed E-state index contributed by atoms with van der Waals surface area (Å²) in [5.74, 6) is -1.01. The lowest BCUT2D eigenvalue weighted by atomic mass is 9.92. The first-order valence-corrected chi connectivity index (χ1v) is 5.40. The Morgan fingerprint density at radius 2 is 2.28 bits per heavy atom. The predicted molar refractivity (Wildman–Crippen MR) is 68.8 cm³/mol. The normalized spacial score (nSPS) is 11.9. The Morgan fingerprint density at radius 3 is 2.78 bits per heavy atom. The molecule has 0 spiro atoms. The van der Waals surface area contributed by atoms with Crippen LogP contribution in [0.25, 0.3) is 0 Å². The quantitative estimate of drug-likeness (QED) is 0.477. The van der Waals surface area contributed by atoms with E-state index >= 15 is 0 Å². The van der Waals surface area contributed by atoms with Crippen molar-refractivity contribution in [2.45, 2.75) is 19.4 Å². The second kappa shape index (κ2) is 5.73. The Kier molecular flexibility index (Phi) is 4.55. The number of carboxylic acids is 1. The smallest absolute Gasteiger partial charge is 0.305 e. The molecule has 0 aliphatic rings. The second-order valence-corrected chi connectivity index (χ2v) is 4.23. The molecule has 0 aromatic heterocycles. The zero-order valence-corrected chi connectivity index (χ0v) is 10.3. The van der Waals surface area contributed by atoms with Gasteiger partial charge in [0.05, 0.1) is 11.3 Å². The van der Waals surface area contributed by atoms with Crippen LogP contribution in [-0.2, 0) is 4.79 Å². The van der Waals surface area contributed by atoms with Gasteiger partial charge in [-0.05, 0) is 13.0 Å². The molecule has 1 rings (SSSR count). The van der Waals surface area contributed by atoms with Gasteiger partial charge in [0, 0.05) is 17.1 Å². The first-order chi connectivity index (χ1) is 8.31. The van der Waals surface area contributed by atoms with Gasteiger partial charge in [0.2, 0.25) is 0 Å². The summed E-state index contributed by atoms with van der Waals surface area (Å²) in [6.07, 6.45) is -0.181. The van der Waals surface area contributed by atoms with Crippen LogP contribution in [0, 0.1) is 10.1 Å². The summed E-state index contributed by atoms with van der Waals surface area (Å²) >= 11 is 5.68. The average molecular weight is 268 g/mol. The fourth-order valence-electron chi connectivity index (χ4n) is 1.47. The van der Waals surface area contributed by atoms with Gasteiger partial charge < -0.3 is 10.4 Å². The summed E-state index contributed by atoms with van der Waals surface area (Å²) in [5.41, 5.74) is -0.0955. The molecular weight excluding hydrogens is 258 g/mol. The number of nitrogens with zero attached hydrogens (tertiary/aromatic N) is 1. The van der Waals surface area contributed by atoms with Gasteiger partial charge in [-0.1, -0.05) is 17.1 Å². The average Bonchev–Trinajstić information content (AvgIpc) is 2.20. The van der Waals surface area contributed by atoms with Crippen LogP contribution < -0.4 is 10.8 Å². The van der Waals surface area contributed by atoms with E-state index in [9.17, 15) is 14.9 Å². The Bertz CT molecular complexity index is 495. The summed E-state index contributed by atoms with van der Waals surface area (Å²) in [6.45, 7) is 1.59. The third-order valence-corrected chi connectivity index (χ3v) is 2.40. The fourth-order valence-corrected chi connectivity index (χ4v) is 1.69. The van der Waals surface area contributed by atoms with Gasteiger partial charge >= 0.3 is 5.97 Å². The SMILES string of the molecule is [B]c1cc(Cl)cc([N+](=O)[O-])c1N[C@H](C)CC(=O)O. The zero-order valence-electron chi connectivity index (χ0n) is 9.51. The Morgan fingerprint density at radius 1 is 1.67 bits per heavy atom. The van der Waals surface area contributed by atoms with Gasteiger partial charge in [0.15, 0.2) is 0 Å². The largest absolute Gasteiger partial charge is 0.481 e. The number of hydrogen-bond donors (Lipinski definition) is 2. The molecule has 2 radical (unpaired) electrons. The van der Waals surface area contributed by atoms with Crippen LogP contribution in [0.1, 0.15) is 13.3 Å². The van der Waals surface area contributed by atoms with Gasteiger partial charge in [-0.3, -0.25) is 14.9 Å². The molecule has 0 saturated carbocycles. The maximum absolute atomic E-state index is 10.9. The van der Waals surface area contributed by atoms with Crippen molar-refractivity contribution in [2.24, 2.45) is 0 Å². The number of rotatable bonds is 5. The Balaban J connectivity index is 3.07. The molecule has 0 amide bonds. The zero-order chi connectivity index (χ0) is 13.9. The summed E-state index contributed by atoms with van der Waals surface area (Å²) in [5, 5.41) is 22.4. The maximum atomic E-state index is 10.9. The van der Waals surface area contributed by atoms with Crippen LogP contribution in [0.3, 0.4) is 0 Å². The minimum Gasteiger partial charge on any atom is -0.481 e. The van der Waals surface area contributed by atoms with Crippen molar-refractivity contribution in [3.63, 3.8) is 0 Å². The minimum absolute atomic E-state index is 0.0816. The molecule has 0 heterocycles. The lowest BCUT2D eigenvalue weighted by molar-refractivity contribution is -0.383. The molecule has 0 aliphatic carbocycles. The molecule has 1 aromatic rings. The molecule has 0 bridgehead atoms. The third kappa shape index (κ3) is 3.63. The number of anilines is 1. The number of nitro benzene ring substituents is 1. The summed E-state index contributed by atoms with van der Waals surface area (Å²) in [6, 6.07) is 2.03. The molecule has 18 heavy (non-hydrogen) atoms. The van der Waals surface area contributed by atoms with Crippen LogP contribution in [0.5, 0.6) is 0 Å². The van der Waals surface area contributed by atoms with Crippen molar-refractivity contribution < 1.29 is 14.8 Å². The van der Waals surface area contributed by atoms with Gasteiger partial charge in [0.1, 0.15) is 13.5 Å². The van der Waals surface area contributed by atoms with Gasteiger partial charge in [0.25, 0.3) is 5.69 Å². The number of halogens is 1. The molecule has 0 aliphatic heterocycles. The van der Waals surface area contributed by atoms with E-state index < -0.39 is 16.9 Å². The topological polar surface area (TPSA) is 92.5 Å². The minimum atomic E-state index is -1.01. The van der Waals surface area contributed by atoms with Crippen molar-refractivity contribution in [2.75, 3.05) is 5.32 Å². The molecule has 1 aromatic carbocycles. The van der Waals surface area contributed by atoms with Crippen molar-refractivity contribution >= 4 is 42.3 Å². The number of carbonyl (C=O) groups is 1. The van der Waals surface area contributed by atoms with Gasteiger partial charge in [-0.15, -0.1) is 0 Å². The highest BCUT2D eigenvalue weighted by Crippen LogP contribution is 2.26. The van der Waals surface area contributed by atoms with Crippen molar-refractivity contribution in [3.8, 4) is 0 Å². The number of hydrogen-bond acceptors (Lipinski definition) is 4. The molecule has 1 atom stereocenters. The summed E-state index contributed by atoms with van der Waals surface area (Å²) in [7, 11) is 5.64. The lowest BCUT2D eigenvalue weighted by Gasteiger charge is -2.15. The standard InChI is InChI=1S/C10H10BClN2O4/c1-5(2-9(15)16)13-10-7(11)3-6(12)4-8(10)14(17)18/h3-5,13H,2H2,1H3,(H,15,16)/t5-/m1/s1. The first kappa shape index (κ1) is 14.3. The number of benzene rings is 1. The van der Waals surface area contributed by atoms with Crippen LogP contribution in [0.4, 0.5) is 11.4 Å². The van der Waals surface area contributed by atoms with Crippen molar-refractivity contribution in [3.05, 3.63) is 27.3 Å².